The summed E-state index contributed by atoms with van der Waals surface area (Å²) in [5.74, 6) is -0.136. The summed E-state index contributed by atoms with van der Waals surface area (Å²) in [5, 5.41) is 9.99. The van der Waals surface area contributed by atoms with Crippen molar-refractivity contribution in [3.8, 4) is 6.07 Å². The first-order chi connectivity index (χ1) is 9.71. The number of hydrogen-bond donors (Lipinski definition) is 0. The van der Waals surface area contributed by atoms with Gasteiger partial charge in [-0.3, -0.25) is 0 Å². The number of hydrogen-bond acceptors (Lipinski definition) is 3. The van der Waals surface area contributed by atoms with Crippen LogP contribution in [0, 0.1) is 16.7 Å². The number of benzene rings is 1. The first-order valence-corrected chi connectivity index (χ1v) is 8.89. The minimum absolute atomic E-state index is 0.136. The van der Waals surface area contributed by atoms with Crippen LogP contribution >= 0.6 is 23.2 Å². The lowest BCUT2D eigenvalue weighted by Gasteiger charge is -2.26. The molecule has 0 saturated heterocycles. The maximum Gasteiger partial charge on any atom is 0.215 e. The van der Waals surface area contributed by atoms with E-state index in [-0.39, 0.29) is 5.75 Å². The molecule has 1 fully saturated rings. The third-order valence-electron chi connectivity index (χ3n) is 3.95. The molecule has 2 rings (SSSR count). The fraction of sp³-hybridized carbons (Fsp3) is 0.500. The van der Waals surface area contributed by atoms with Crippen molar-refractivity contribution < 1.29 is 8.42 Å². The van der Waals surface area contributed by atoms with E-state index >= 15 is 0 Å². The van der Waals surface area contributed by atoms with Gasteiger partial charge in [0.25, 0.3) is 0 Å². The van der Waals surface area contributed by atoms with E-state index in [1.807, 2.05) is 0 Å². The van der Waals surface area contributed by atoms with E-state index in [1.165, 1.54) is 11.4 Å². The van der Waals surface area contributed by atoms with E-state index in [0.29, 0.717) is 28.5 Å². The summed E-state index contributed by atoms with van der Waals surface area (Å²) in [4.78, 5) is 0. The standard InChI is InChI=1S/C14H16Cl2N2O2S/c1-10(12-4-3-11(15)7-13(12)16)18(2)21(19,20)9-14(8-17)5-6-14/h3-4,7,10H,5-6,9H2,1-2H3. The van der Waals surface area contributed by atoms with Crippen LogP contribution in [0.4, 0.5) is 0 Å². The molecule has 0 N–H and O–H groups in total. The number of halogens is 2. The normalized spacial score (nSPS) is 18.3. The first-order valence-electron chi connectivity index (χ1n) is 6.53. The topological polar surface area (TPSA) is 61.2 Å². The highest BCUT2D eigenvalue weighted by atomic mass is 35.5. The molecule has 1 atom stereocenters. The zero-order valence-electron chi connectivity index (χ0n) is 11.8. The van der Waals surface area contributed by atoms with Gasteiger partial charge >= 0.3 is 0 Å². The van der Waals surface area contributed by atoms with E-state index in [4.69, 9.17) is 28.5 Å². The summed E-state index contributed by atoms with van der Waals surface area (Å²) < 4.78 is 26.2. The Kier molecular flexibility index (Phi) is 4.55. The molecule has 1 saturated carbocycles. The molecule has 1 aliphatic rings. The minimum Gasteiger partial charge on any atom is -0.212 e. The van der Waals surface area contributed by atoms with Crippen LogP contribution in [0.25, 0.3) is 0 Å². The van der Waals surface area contributed by atoms with Crippen molar-refractivity contribution in [1.29, 1.82) is 5.26 Å². The summed E-state index contributed by atoms with van der Waals surface area (Å²) in [6.45, 7) is 1.76. The van der Waals surface area contributed by atoms with Gasteiger partial charge in [0.05, 0.1) is 17.2 Å². The Balaban J connectivity index is 2.22. The Morgan fingerprint density at radius 2 is 2.05 bits per heavy atom. The Labute approximate surface area is 135 Å². The van der Waals surface area contributed by atoms with Crippen LogP contribution in [-0.2, 0) is 10.0 Å². The minimum atomic E-state index is -3.52. The highest BCUT2D eigenvalue weighted by Gasteiger charge is 2.48. The van der Waals surface area contributed by atoms with Crippen LogP contribution in [0.15, 0.2) is 18.2 Å². The molecule has 4 nitrogen and oxygen atoms in total. The highest BCUT2D eigenvalue weighted by Crippen LogP contribution is 2.46. The first kappa shape index (κ1) is 16.6. The molecule has 114 valence electrons. The largest absolute Gasteiger partial charge is 0.215 e. The molecule has 1 unspecified atom stereocenters. The van der Waals surface area contributed by atoms with E-state index < -0.39 is 21.5 Å². The van der Waals surface area contributed by atoms with Gasteiger partial charge in [-0.1, -0.05) is 29.3 Å². The molecule has 7 heteroatoms. The molecular formula is C14H16Cl2N2O2S. The zero-order chi connectivity index (χ0) is 15.8. The Morgan fingerprint density at radius 3 is 2.52 bits per heavy atom. The van der Waals surface area contributed by atoms with Crippen LogP contribution < -0.4 is 0 Å². The Hall–Kier alpha value is -0.800. The quantitative estimate of drug-likeness (QED) is 0.817. The number of nitrogens with zero attached hydrogens (tertiary/aromatic N) is 2. The Bertz CT molecular complexity index is 693. The van der Waals surface area contributed by atoms with Crippen LogP contribution in [0.2, 0.25) is 10.0 Å². The fourth-order valence-electron chi connectivity index (χ4n) is 2.17. The Morgan fingerprint density at radius 1 is 1.43 bits per heavy atom. The van der Waals surface area contributed by atoms with Crippen molar-refractivity contribution in [3.63, 3.8) is 0 Å². The third kappa shape index (κ3) is 3.51. The average molecular weight is 347 g/mol. The van der Waals surface area contributed by atoms with Gasteiger partial charge in [0, 0.05) is 23.1 Å². The van der Waals surface area contributed by atoms with Crippen molar-refractivity contribution in [1.82, 2.24) is 4.31 Å². The van der Waals surface area contributed by atoms with Gasteiger partial charge in [0.15, 0.2) is 0 Å². The van der Waals surface area contributed by atoms with E-state index in [9.17, 15) is 8.42 Å². The molecule has 0 bridgehead atoms. The van der Waals surface area contributed by atoms with Crippen molar-refractivity contribution >= 4 is 33.2 Å². The zero-order valence-corrected chi connectivity index (χ0v) is 14.1. The van der Waals surface area contributed by atoms with Crippen LogP contribution in [0.3, 0.4) is 0 Å². The average Bonchev–Trinajstić information content (AvgIpc) is 3.16. The molecule has 0 radical (unpaired) electrons. The molecule has 1 aromatic carbocycles. The van der Waals surface area contributed by atoms with Crippen LogP contribution in [0.5, 0.6) is 0 Å². The second-order valence-electron chi connectivity index (χ2n) is 5.51. The summed E-state index contributed by atoms with van der Waals surface area (Å²) in [7, 11) is -2.01. The predicted molar refractivity (Wildman–Crippen MR) is 83.7 cm³/mol. The molecule has 1 aromatic rings. The van der Waals surface area contributed by atoms with Gasteiger partial charge < -0.3 is 0 Å². The fourth-order valence-corrected chi connectivity index (χ4v) is 4.58. The summed E-state index contributed by atoms with van der Waals surface area (Å²) in [6, 6.07) is 6.68. The third-order valence-corrected chi connectivity index (χ3v) is 6.62. The van der Waals surface area contributed by atoms with Crippen molar-refractivity contribution in [2.24, 2.45) is 5.41 Å². The van der Waals surface area contributed by atoms with Gasteiger partial charge in [-0.2, -0.15) is 9.57 Å². The van der Waals surface area contributed by atoms with Gasteiger partial charge in [0.2, 0.25) is 10.0 Å². The van der Waals surface area contributed by atoms with Crippen molar-refractivity contribution in [2.45, 2.75) is 25.8 Å². The van der Waals surface area contributed by atoms with E-state index in [0.717, 1.165) is 0 Å². The van der Waals surface area contributed by atoms with E-state index in [1.54, 1.807) is 25.1 Å². The second kappa shape index (κ2) is 5.77. The predicted octanol–water partition coefficient (Wildman–Crippen LogP) is 3.62. The summed E-state index contributed by atoms with van der Waals surface area (Å²) in [6.07, 6.45) is 1.29. The molecule has 0 spiro atoms. The molecule has 1 aliphatic carbocycles. The molecule has 0 aliphatic heterocycles. The van der Waals surface area contributed by atoms with Crippen molar-refractivity contribution in [2.75, 3.05) is 12.8 Å². The van der Waals surface area contributed by atoms with Gasteiger partial charge in [0.1, 0.15) is 0 Å². The van der Waals surface area contributed by atoms with Crippen LogP contribution in [0.1, 0.15) is 31.4 Å². The summed E-state index contributed by atoms with van der Waals surface area (Å²) >= 11 is 12.0. The maximum atomic E-state index is 12.4. The molecule has 0 aromatic heterocycles. The van der Waals surface area contributed by atoms with Crippen LogP contribution in [-0.4, -0.2) is 25.5 Å². The van der Waals surface area contributed by atoms with Gasteiger partial charge in [-0.25, -0.2) is 8.42 Å². The maximum absolute atomic E-state index is 12.4. The van der Waals surface area contributed by atoms with Crippen molar-refractivity contribution in [3.05, 3.63) is 33.8 Å². The van der Waals surface area contributed by atoms with Gasteiger partial charge in [-0.05, 0) is 37.5 Å². The van der Waals surface area contributed by atoms with E-state index in [2.05, 4.69) is 6.07 Å². The molecule has 21 heavy (non-hydrogen) atoms. The lowest BCUT2D eigenvalue weighted by molar-refractivity contribution is 0.395. The molecule has 0 amide bonds. The number of rotatable bonds is 5. The SMILES string of the molecule is CC(c1ccc(Cl)cc1Cl)N(C)S(=O)(=O)CC1(C#N)CC1. The van der Waals surface area contributed by atoms with Gasteiger partial charge in [-0.15, -0.1) is 0 Å². The lowest BCUT2D eigenvalue weighted by Crippen LogP contribution is -2.34. The second-order valence-corrected chi connectivity index (χ2v) is 8.38. The number of sulfonamides is 1. The molecular weight excluding hydrogens is 331 g/mol. The smallest absolute Gasteiger partial charge is 0.212 e. The highest BCUT2D eigenvalue weighted by molar-refractivity contribution is 7.89. The monoisotopic (exact) mass is 346 g/mol. The number of nitriles is 1. The summed E-state index contributed by atoms with van der Waals surface area (Å²) in [5.41, 5.74) is -0.00897. The molecule has 0 heterocycles. The lowest BCUT2D eigenvalue weighted by atomic mass is 10.1.